The number of nitrogens with zero attached hydrogens (tertiary/aromatic N) is 1. The van der Waals surface area contributed by atoms with Crippen LogP contribution >= 0.6 is 0 Å². The number of ether oxygens (including phenoxy) is 1. The van der Waals surface area contributed by atoms with Crippen LogP contribution in [-0.2, 0) is 10.8 Å². The Kier molecular flexibility index (Phi) is 7.77. The summed E-state index contributed by atoms with van der Waals surface area (Å²) in [5.74, 6) is 1.83. The number of anilines is 3. The third-order valence-electron chi connectivity index (χ3n) is 15.7. The van der Waals surface area contributed by atoms with E-state index < -0.39 is 5.41 Å². The molecule has 0 radical (unpaired) electrons. The number of furan rings is 1. The van der Waals surface area contributed by atoms with Gasteiger partial charge in [0.1, 0.15) is 22.7 Å². The standard InChI is InChI=1S/C66H43NO2/c1-65(2)53-21-10-7-18-48(53)51-39-45(33-36-54(51)65)67(44-31-26-40(27-32-44)43-30-37-61-52(38-43)49-19-9-12-25-60(49)68-61)59-24-13-23-56-62(59)50-20-8-11-22-55(50)66(56)57-34-28-41-14-3-5-16-46(41)63(57)69-64-47-17-6-4-15-42(47)29-35-58(64)66/h3-39H,1-2H3. The molecule has 11 aromatic carbocycles. The Balaban J connectivity index is 0.992. The molecule has 324 valence electrons. The Morgan fingerprint density at radius 3 is 1.68 bits per heavy atom. The number of hydrogen-bond donors (Lipinski definition) is 0. The van der Waals surface area contributed by atoms with Crippen LogP contribution < -0.4 is 9.64 Å². The van der Waals surface area contributed by atoms with Gasteiger partial charge in [-0.25, -0.2) is 0 Å². The van der Waals surface area contributed by atoms with E-state index in [0.29, 0.717) is 0 Å². The van der Waals surface area contributed by atoms with E-state index in [9.17, 15) is 0 Å². The summed E-state index contributed by atoms with van der Waals surface area (Å²) < 4.78 is 13.5. The van der Waals surface area contributed by atoms with Crippen molar-refractivity contribution in [1.29, 1.82) is 0 Å². The molecule has 1 aromatic heterocycles. The first-order valence-electron chi connectivity index (χ1n) is 24.0. The van der Waals surface area contributed by atoms with Crippen molar-refractivity contribution in [2.45, 2.75) is 24.7 Å². The van der Waals surface area contributed by atoms with Gasteiger partial charge in [-0.1, -0.05) is 190 Å². The number of benzene rings is 11. The molecule has 0 atom stereocenters. The molecule has 0 N–H and O–H groups in total. The molecule has 3 nitrogen and oxygen atoms in total. The van der Waals surface area contributed by atoms with Gasteiger partial charge in [-0.2, -0.15) is 0 Å². The third-order valence-corrected chi connectivity index (χ3v) is 15.7. The summed E-state index contributed by atoms with van der Waals surface area (Å²) >= 11 is 0. The minimum Gasteiger partial charge on any atom is -0.456 e. The number of para-hydroxylation sites is 1. The second-order valence-electron chi connectivity index (χ2n) is 19.5. The molecule has 2 aliphatic carbocycles. The highest BCUT2D eigenvalue weighted by Crippen LogP contribution is 2.66. The highest BCUT2D eigenvalue weighted by molar-refractivity contribution is 6.07. The second kappa shape index (κ2) is 13.9. The minimum atomic E-state index is -0.675. The predicted octanol–water partition coefficient (Wildman–Crippen LogP) is 17.8. The van der Waals surface area contributed by atoms with Crippen molar-refractivity contribution in [1.82, 2.24) is 0 Å². The van der Waals surface area contributed by atoms with Gasteiger partial charge in [-0.15, -0.1) is 0 Å². The van der Waals surface area contributed by atoms with Gasteiger partial charge in [0, 0.05) is 55.0 Å². The van der Waals surface area contributed by atoms with E-state index in [0.717, 1.165) is 94.3 Å². The molecular formula is C66H43NO2. The number of rotatable bonds is 4. The average Bonchev–Trinajstić information content (AvgIpc) is 4.00. The van der Waals surface area contributed by atoms with Crippen molar-refractivity contribution in [3.63, 3.8) is 0 Å². The molecule has 1 aliphatic heterocycles. The highest BCUT2D eigenvalue weighted by Gasteiger charge is 2.53. The molecule has 2 heterocycles. The van der Waals surface area contributed by atoms with Crippen LogP contribution in [0.1, 0.15) is 47.2 Å². The highest BCUT2D eigenvalue weighted by atomic mass is 16.5. The smallest absolute Gasteiger partial charge is 0.140 e. The fraction of sp³-hybridized carbons (Fsp3) is 0.0606. The largest absolute Gasteiger partial charge is 0.456 e. The summed E-state index contributed by atoms with van der Waals surface area (Å²) in [6.45, 7) is 4.71. The van der Waals surface area contributed by atoms with E-state index in [-0.39, 0.29) is 5.41 Å². The van der Waals surface area contributed by atoms with Gasteiger partial charge < -0.3 is 14.1 Å². The third kappa shape index (κ3) is 5.17. The maximum atomic E-state index is 7.30. The summed E-state index contributed by atoms with van der Waals surface area (Å²) in [4.78, 5) is 2.50. The maximum absolute atomic E-state index is 7.30. The first kappa shape index (κ1) is 38.4. The Morgan fingerprint density at radius 1 is 0.362 bits per heavy atom. The van der Waals surface area contributed by atoms with Crippen LogP contribution in [0, 0.1) is 0 Å². The lowest BCUT2D eigenvalue weighted by Gasteiger charge is -2.40. The van der Waals surface area contributed by atoms with Crippen molar-refractivity contribution < 1.29 is 9.15 Å². The molecule has 0 amide bonds. The molecule has 3 aliphatic rings. The van der Waals surface area contributed by atoms with Gasteiger partial charge in [0.2, 0.25) is 0 Å². The number of hydrogen-bond acceptors (Lipinski definition) is 3. The van der Waals surface area contributed by atoms with E-state index in [1.807, 2.05) is 12.1 Å². The molecular weight excluding hydrogens is 839 g/mol. The Labute approximate surface area is 400 Å². The fourth-order valence-corrected chi connectivity index (χ4v) is 12.6. The van der Waals surface area contributed by atoms with E-state index in [1.165, 1.54) is 44.5 Å². The molecule has 0 saturated heterocycles. The van der Waals surface area contributed by atoms with E-state index in [4.69, 9.17) is 9.15 Å². The quantitative estimate of drug-likeness (QED) is 0.176. The summed E-state index contributed by atoms with van der Waals surface area (Å²) in [5.41, 5.74) is 19.2. The second-order valence-corrected chi connectivity index (χ2v) is 19.5. The molecule has 15 rings (SSSR count). The van der Waals surface area contributed by atoms with E-state index in [2.05, 4.69) is 231 Å². The van der Waals surface area contributed by atoms with Crippen LogP contribution in [0.15, 0.2) is 229 Å². The first-order chi connectivity index (χ1) is 34.0. The van der Waals surface area contributed by atoms with Crippen LogP contribution in [0.5, 0.6) is 11.5 Å². The zero-order valence-corrected chi connectivity index (χ0v) is 38.1. The summed E-state index contributed by atoms with van der Waals surface area (Å²) in [6, 6.07) is 82.6. The zero-order valence-electron chi connectivity index (χ0n) is 38.1. The van der Waals surface area contributed by atoms with E-state index >= 15 is 0 Å². The lowest BCUT2D eigenvalue weighted by molar-refractivity contribution is 0.447. The predicted molar refractivity (Wildman–Crippen MR) is 284 cm³/mol. The van der Waals surface area contributed by atoms with Gasteiger partial charge in [-0.05, 0) is 109 Å². The fourth-order valence-electron chi connectivity index (χ4n) is 12.6. The van der Waals surface area contributed by atoms with Gasteiger partial charge in [0.25, 0.3) is 0 Å². The normalized spacial score (nSPS) is 14.3. The Morgan fingerprint density at radius 2 is 0.928 bits per heavy atom. The van der Waals surface area contributed by atoms with Crippen LogP contribution in [0.3, 0.4) is 0 Å². The Bertz CT molecular complexity index is 4070. The molecule has 3 heteroatoms. The molecule has 69 heavy (non-hydrogen) atoms. The van der Waals surface area contributed by atoms with Crippen LogP contribution in [0.2, 0.25) is 0 Å². The van der Waals surface area contributed by atoms with Crippen LogP contribution in [0.25, 0.3) is 76.9 Å². The van der Waals surface area contributed by atoms with Crippen molar-refractivity contribution >= 4 is 60.5 Å². The SMILES string of the molecule is CC1(C)c2ccccc2-c2cc(N(c3ccc(-c4ccc5oc6ccccc6c5c4)cc3)c3cccc4c3-c3ccccc3C43c4ccc5ccccc5c4Oc4c3ccc3ccccc43)ccc21. The van der Waals surface area contributed by atoms with Crippen molar-refractivity contribution in [3.05, 3.63) is 258 Å². The molecule has 12 aromatic rings. The van der Waals surface area contributed by atoms with Gasteiger partial charge >= 0.3 is 0 Å². The van der Waals surface area contributed by atoms with Crippen molar-refractivity contribution in [2.24, 2.45) is 0 Å². The molecule has 0 bridgehead atoms. The molecule has 0 unspecified atom stereocenters. The zero-order chi connectivity index (χ0) is 45.6. The van der Waals surface area contributed by atoms with Crippen LogP contribution in [-0.4, -0.2) is 0 Å². The summed E-state index contributed by atoms with van der Waals surface area (Å²) in [7, 11) is 0. The van der Waals surface area contributed by atoms with Gasteiger partial charge in [0.05, 0.1) is 11.1 Å². The van der Waals surface area contributed by atoms with E-state index in [1.54, 1.807) is 0 Å². The molecule has 1 spiro atoms. The first-order valence-corrected chi connectivity index (χ1v) is 24.0. The minimum absolute atomic E-state index is 0.115. The van der Waals surface area contributed by atoms with Crippen LogP contribution in [0.4, 0.5) is 17.1 Å². The van der Waals surface area contributed by atoms with Gasteiger partial charge in [0.15, 0.2) is 0 Å². The van der Waals surface area contributed by atoms with Gasteiger partial charge in [-0.3, -0.25) is 0 Å². The lowest BCUT2D eigenvalue weighted by Crippen LogP contribution is -2.32. The lowest BCUT2D eigenvalue weighted by atomic mass is 9.65. The summed E-state index contributed by atoms with van der Waals surface area (Å²) in [5, 5.41) is 6.79. The molecule has 0 saturated carbocycles. The molecule has 0 fully saturated rings. The summed E-state index contributed by atoms with van der Waals surface area (Å²) in [6.07, 6.45) is 0. The topological polar surface area (TPSA) is 25.6 Å². The van der Waals surface area contributed by atoms with Crippen molar-refractivity contribution in [2.75, 3.05) is 4.90 Å². The monoisotopic (exact) mass is 881 g/mol. The number of fused-ring (bicyclic) bond motifs is 19. The Hall–Kier alpha value is -8.66. The van der Waals surface area contributed by atoms with Crippen molar-refractivity contribution in [3.8, 4) is 44.9 Å². The maximum Gasteiger partial charge on any atom is 0.140 e. The average molecular weight is 882 g/mol.